The maximum atomic E-state index is 5.45. The Morgan fingerprint density at radius 1 is 1.16 bits per heavy atom. The molecule has 19 heavy (non-hydrogen) atoms. The standard InChI is InChI=1S/C14H22N2O2S/c1-12-6-4-5-7-13(12)15-14(19)16(8-10-17-2)9-11-18-3/h4-7H,8-11H2,1-3H3,(H,15,19). The molecule has 0 aromatic heterocycles. The average molecular weight is 282 g/mol. The number of hydrogen-bond donors (Lipinski definition) is 1. The van der Waals surface area contributed by atoms with Crippen LogP contribution in [0.3, 0.4) is 0 Å². The molecule has 0 aliphatic carbocycles. The monoisotopic (exact) mass is 282 g/mol. The smallest absolute Gasteiger partial charge is 0.173 e. The third kappa shape index (κ3) is 5.55. The van der Waals surface area contributed by atoms with Crippen LogP contribution in [0, 0.1) is 6.92 Å². The molecule has 0 fully saturated rings. The molecule has 106 valence electrons. The third-order valence-corrected chi connectivity index (χ3v) is 3.16. The van der Waals surface area contributed by atoms with Crippen molar-refractivity contribution in [2.45, 2.75) is 6.92 Å². The maximum absolute atomic E-state index is 5.45. The second kappa shape index (κ2) is 8.85. The first-order valence-electron chi connectivity index (χ1n) is 6.28. The van der Waals surface area contributed by atoms with Crippen LogP contribution >= 0.6 is 12.2 Å². The largest absolute Gasteiger partial charge is 0.383 e. The van der Waals surface area contributed by atoms with E-state index in [9.17, 15) is 0 Å². The van der Waals surface area contributed by atoms with Crippen molar-refractivity contribution in [2.24, 2.45) is 0 Å². The van der Waals surface area contributed by atoms with Crippen molar-refractivity contribution in [2.75, 3.05) is 45.8 Å². The molecule has 0 saturated heterocycles. The van der Waals surface area contributed by atoms with Crippen molar-refractivity contribution in [3.63, 3.8) is 0 Å². The molecule has 1 aromatic rings. The Morgan fingerprint density at radius 3 is 2.26 bits per heavy atom. The minimum atomic E-state index is 0.638. The maximum Gasteiger partial charge on any atom is 0.173 e. The molecule has 0 heterocycles. The Hall–Kier alpha value is -1.17. The number of nitrogens with one attached hydrogen (secondary N) is 1. The van der Waals surface area contributed by atoms with Crippen molar-refractivity contribution in [1.82, 2.24) is 4.90 Å². The highest BCUT2D eigenvalue weighted by atomic mass is 32.1. The summed E-state index contributed by atoms with van der Waals surface area (Å²) in [5.74, 6) is 0. The van der Waals surface area contributed by atoms with Crippen molar-refractivity contribution in [1.29, 1.82) is 0 Å². The number of rotatable bonds is 7. The molecule has 0 amide bonds. The number of methoxy groups -OCH3 is 2. The van der Waals surface area contributed by atoms with E-state index in [1.165, 1.54) is 5.56 Å². The van der Waals surface area contributed by atoms with Gasteiger partial charge in [0.15, 0.2) is 5.11 Å². The van der Waals surface area contributed by atoms with Crippen LogP contribution in [0.2, 0.25) is 0 Å². The topological polar surface area (TPSA) is 33.7 Å². The van der Waals surface area contributed by atoms with Gasteiger partial charge in [0.2, 0.25) is 0 Å². The number of ether oxygens (including phenoxy) is 2. The Morgan fingerprint density at radius 2 is 1.74 bits per heavy atom. The molecular formula is C14H22N2O2S. The van der Waals surface area contributed by atoms with E-state index in [0.29, 0.717) is 18.3 Å². The fraction of sp³-hybridized carbons (Fsp3) is 0.500. The lowest BCUT2D eigenvalue weighted by Crippen LogP contribution is -2.39. The Balaban J connectivity index is 2.62. The van der Waals surface area contributed by atoms with Gasteiger partial charge in [-0.2, -0.15) is 0 Å². The molecule has 0 saturated carbocycles. The van der Waals surface area contributed by atoms with Crippen LogP contribution in [0.15, 0.2) is 24.3 Å². The van der Waals surface area contributed by atoms with Gasteiger partial charge in [-0.15, -0.1) is 0 Å². The van der Waals surface area contributed by atoms with E-state index in [0.717, 1.165) is 18.8 Å². The van der Waals surface area contributed by atoms with E-state index in [2.05, 4.69) is 23.2 Å². The van der Waals surface area contributed by atoms with Crippen molar-refractivity contribution in [3.05, 3.63) is 29.8 Å². The second-order valence-electron chi connectivity index (χ2n) is 4.22. The Bertz CT molecular complexity index is 391. The first kappa shape index (κ1) is 15.9. The summed E-state index contributed by atoms with van der Waals surface area (Å²) in [6.45, 7) is 4.83. The number of aryl methyl sites for hydroxylation is 1. The molecule has 0 bridgehead atoms. The summed E-state index contributed by atoms with van der Waals surface area (Å²) < 4.78 is 10.2. The first-order valence-corrected chi connectivity index (χ1v) is 6.69. The molecule has 0 radical (unpaired) electrons. The van der Waals surface area contributed by atoms with Gasteiger partial charge in [-0.05, 0) is 30.8 Å². The van der Waals surface area contributed by atoms with Crippen LogP contribution in [0.25, 0.3) is 0 Å². The lowest BCUT2D eigenvalue weighted by atomic mass is 10.2. The predicted octanol–water partition coefficient (Wildman–Crippen LogP) is 2.29. The highest BCUT2D eigenvalue weighted by Gasteiger charge is 2.10. The Kier molecular flexibility index (Phi) is 7.40. The first-order chi connectivity index (χ1) is 9.19. The summed E-state index contributed by atoms with van der Waals surface area (Å²) in [5.41, 5.74) is 2.20. The average Bonchev–Trinajstić information content (AvgIpc) is 2.41. The number of hydrogen-bond acceptors (Lipinski definition) is 3. The number of nitrogens with zero attached hydrogens (tertiary/aromatic N) is 1. The summed E-state index contributed by atoms with van der Waals surface area (Å²) in [5, 5.41) is 3.97. The number of anilines is 1. The molecule has 1 aromatic carbocycles. The highest BCUT2D eigenvalue weighted by Crippen LogP contribution is 2.13. The fourth-order valence-corrected chi connectivity index (χ4v) is 1.92. The normalized spacial score (nSPS) is 10.3. The van der Waals surface area contributed by atoms with Gasteiger partial charge in [0.1, 0.15) is 0 Å². The molecule has 0 aliphatic rings. The van der Waals surface area contributed by atoms with Gasteiger partial charge in [-0.25, -0.2) is 0 Å². The summed E-state index contributed by atoms with van der Waals surface area (Å²) in [6.07, 6.45) is 0. The Labute approximate surface area is 120 Å². The van der Waals surface area contributed by atoms with Gasteiger partial charge in [0.05, 0.1) is 13.2 Å². The minimum absolute atomic E-state index is 0.638. The minimum Gasteiger partial charge on any atom is -0.383 e. The second-order valence-corrected chi connectivity index (χ2v) is 4.60. The highest BCUT2D eigenvalue weighted by molar-refractivity contribution is 7.80. The number of benzene rings is 1. The van der Waals surface area contributed by atoms with Crippen LogP contribution in [0.5, 0.6) is 0 Å². The quantitative estimate of drug-likeness (QED) is 0.776. The fourth-order valence-electron chi connectivity index (χ4n) is 1.63. The predicted molar refractivity (Wildman–Crippen MR) is 82.7 cm³/mol. The summed E-state index contributed by atoms with van der Waals surface area (Å²) in [4.78, 5) is 2.05. The summed E-state index contributed by atoms with van der Waals surface area (Å²) >= 11 is 5.45. The molecule has 1 N–H and O–H groups in total. The molecule has 5 heteroatoms. The van der Waals surface area contributed by atoms with Crippen molar-refractivity contribution >= 4 is 23.0 Å². The van der Waals surface area contributed by atoms with Gasteiger partial charge in [-0.3, -0.25) is 0 Å². The van der Waals surface area contributed by atoms with Crippen LogP contribution in [0.1, 0.15) is 5.56 Å². The third-order valence-electron chi connectivity index (χ3n) is 2.80. The van der Waals surface area contributed by atoms with E-state index in [-0.39, 0.29) is 0 Å². The SMILES string of the molecule is COCCN(CCOC)C(=S)Nc1ccccc1C. The summed E-state index contributed by atoms with van der Waals surface area (Å²) in [6, 6.07) is 8.08. The number of para-hydroxylation sites is 1. The zero-order valence-electron chi connectivity index (χ0n) is 11.8. The van der Waals surface area contributed by atoms with Gasteiger partial charge in [0.25, 0.3) is 0 Å². The lowest BCUT2D eigenvalue weighted by Gasteiger charge is -2.25. The zero-order valence-corrected chi connectivity index (χ0v) is 12.6. The molecule has 0 aliphatic heterocycles. The van der Waals surface area contributed by atoms with Gasteiger partial charge in [0, 0.05) is 33.0 Å². The van der Waals surface area contributed by atoms with E-state index in [1.54, 1.807) is 14.2 Å². The summed E-state index contributed by atoms with van der Waals surface area (Å²) in [7, 11) is 3.37. The van der Waals surface area contributed by atoms with Gasteiger partial charge < -0.3 is 19.7 Å². The van der Waals surface area contributed by atoms with Crippen molar-refractivity contribution < 1.29 is 9.47 Å². The van der Waals surface area contributed by atoms with Crippen LogP contribution in [-0.4, -0.2) is 50.5 Å². The van der Waals surface area contributed by atoms with Crippen LogP contribution in [0.4, 0.5) is 5.69 Å². The number of thiocarbonyl (C=S) groups is 1. The lowest BCUT2D eigenvalue weighted by molar-refractivity contribution is 0.147. The van der Waals surface area contributed by atoms with Gasteiger partial charge in [-0.1, -0.05) is 18.2 Å². The van der Waals surface area contributed by atoms with Crippen LogP contribution in [-0.2, 0) is 9.47 Å². The molecule has 1 rings (SSSR count). The van der Waals surface area contributed by atoms with Crippen molar-refractivity contribution in [3.8, 4) is 0 Å². The van der Waals surface area contributed by atoms with E-state index >= 15 is 0 Å². The van der Waals surface area contributed by atoms with E-state index in [1.807, 2.05) is 18.2 Å². The van der Waals surface area contributed by atoms with E-state index in [4.69, 9.17) is 21.7 Å². The molecular weight excluding hydrogens is 260 g/mol. The zero-order chi connectivity index (χ0) is 14.1. The molecule has 4 nitrogen and oxygen atoms in total. The molecule has 0 unspecified atom stereocenters. The van der Waals surface area contributed by atoms with E-state index < -0.39 is 0 Å². The molecule has 0 atom stereocenters. The van der Waals surface area contributed by atoms with Gasteiger partial charge >= 0.3 is 0 Å². The van der Waals surface area contributed by atoms with Crippen LogP contribution < -0.4 is 5.32 Å². The molecule has 0 spiro atoms.